The molecule has 1 aromatic carbocycles. The number of carbonyl (C=O) groups excluding carboxylic acids is 2. The molecule has 3 aromatic rings. The summed E-state index contributed by atoms with van der Waals surface area (Å²) in [6.07, 6.45) is 3.43. The number of rotatable bonds is 4. The van der Waals surface area contributed by atoms with Crippen molar-refractivity contribution in [1.29, 1.82) is 0 Å². The number of ketones is 1. The second-order valence-corrected chi connectivity index (χ2v) is 8.84. The highest BCUT2D eigenvalue weighted by Gasteiger charge is 2.32. The lowest BCUT2D eigenvalue weighted by molar-refractivity contribution is -0.148. The first kappa shape index (κ1) is 22.1. The number of aromatic hydroxyl groups is 1. The summed E-state index contributed by atoms with van der Waals surface area (Å²) in [5.74, 6) is -0.111. The second kappa shape index (κ2) is 8.89. The van der Waals surface area contributed by atoms with E-state index in [4.69, 9.17) is 4.74 Å². The molecule has 3 heterocycles. The molecule has 2 N–H and O–H groups in total. The van der Waals surface area contributed by atoms with Gasteiger partial charge in [0.25, 0.3) is 5.56 Å². The molecule has 1 aliphatic heterocycles. The molecule has 0 bridgehead atoms. The van der Waals surface area contributed by atoms with Gasteiger partial charge in [0.05, 0.1) is 17.9 Å². The first-order valence-corrected chi connectivity index (χ1v) is 11.6. The Kier molecular flexibility index (Phi) is 5.77. The maximum atomic E-state index is 13.2. The van der Waals surface area contributed by atoms with Crippen LogP contribution in [0.5, 0.6) is 5.75 Å². The summed E-state index contributed by atoms with van der Waals surface area (Å²) in [5, 5.41) is 10.6. The zero-order valence-corrected chi connectivity index (χ0v) is 18.9. The van der Waals surface area contributed by atoms with Crippen molar-refractivity contribution in [2.45, 2.75) is 38.5 Å². The van der Waals surface area contributed by atoms with Crippen LogP contribution in [0.4, 0.5) is 5.95 Å². The van der Waals surface area contributed by atoms with Crippen molar-refractivity contribution < 1.29 is 19.4 Å². The molecule has 1 atom stereocenters. The smallest absolute Gasteiger partial charge is 0.309 e. The number of benzene rings is 1. The fourth-order valence-corrected chi connectivity index (χ4v) is 5.05. The molecule has 34 heavy (non-hydrogen) atoms. The number of anilines is 1. The number of H-pyrrole nitrogens is 1. The maximum Gasteiger partial charge on any atom is 0.309 e. The minimum Gasteiger partial charge on any atom is -0.508 e. The van der Waals surface area contributed by atoms with Gasteiger partial charge < -0.3 is 14.7 Å². The van der Waals surface area contributed by atoms with Crippen molar-refractivity contribution in [2.75, 3.05) is 24.6 Å². The van der Waals surface area contributed by atoms with Crippen LogP contribution >= 0.6 is 0 Å². The number of carbonyl (C=O) groups is 2. The van der Waals surface area contributed by atoms with Crippen LogP contribution in [-0.2, 0) is 16.0 Å². The van der Waals surface area contributed by atoms with Crippen LogP contribution in [0.25, 0.3) is 11.0 Å². The summed E-state index contributed by atoms with van der Waals surface area (Å²) in [6.45, 7) is 3.29. The van der Waals surface area contributed by atoms with Crippen molar-refractivity contribution in [3.63, 3.8) is 0 Å². The highest BCUT2D eigenvalue weighted by Crippen LogP contribution is 2.38. The lowest BCUT2D eigenvalue weighted by atomic mass is 9.79. The van der Waals surface area contributed by atoms with Crippen LogP contribution in [0.2, 0.25) is 0 Å². The van der Waals surface area contributed by atoms with E-state index in [2.05, 4.69) is 15.0 Å². The number of para-hydroxylation sites is 1. The Bertz CT molecular complexity index is 1330. The van der Waals surface area contributed by atoms with Gasteiger partial charge in [-0.25, -0.2) is 4.98 Å². The summed E-state index contributed by atoms with van der Waals surface area (Å²) in [4.78, 5) is 51.8. The number of aromatic amines is 1. The van der Waals surface area contributed by atoms with Crippen LogP contribution in [0.1, 0.15) is 53.6 Å². The first-order valence-electron chi connectivity index (χ1n) is 11.6. The number of nitrogens with zero attached hydrogens (tertiary/aromatic N) is 3. The Morgan fingerprint density at radius 3 is 2.71 bits per heavy atom. The third-order valence-corrected chi connectivity index (χ3v) is 6.80. The van der Waals surface area contributed by atoms with Crippen LogP contribution in [0.15, 0.2) is 35.3 Å². The normalized spacial score (nSPS) is 18.7. The van der Waals surface area contributed by atoms with E-state index < -0.39 is 0 Å². The molecule has 1 saturated heterocycles. The second-order valence-electron chi connectivity index (χ2n) is 8.84. The van der Waals surface area contributed by atoms with Gasteiger partial charge in [-0.05, 0) is 49.3 Å². The minimum atomic E-state index is -0.345. The van der Waals surface area contributed by atoms with E-state index in [1.807, 2.05) is 17.0 Å². The third kappa shape index (κ3) is 3.91. The molecule has 0 amide bonds. The molecule has 0 radical (unpaired) electrons. The van der Waals surface area contributed by atoms with Gasteiger partial charge in [-0.15, -0.1) is 0 Å². The molecule has 2 aromatic heterocycles. The standard InChI is InChI=1S/C25H26N4O5/c1-2-34-24(33)14-7-9-29(10-8-14)25-27-22-21(23(32)28-25)17-11-15(12-20(31)18(17)13-26-22)16-5-3-4-6-19(16)30/h3-6,13-15,30H,2,7-12H2,1H3,(H,26,27,28,32). The van der Waals surface area contributed by atoms with Gasteiger partial charge in [-0.1, -0.05) is 18.2 Å². The predicted molar refractivity (Wildman–Crippen MR) is 125 cm³/mol. The summed E-state index contributed by atoms with van der Waals surface area (Å²) in [6, 6.07) is 6.97. The maximum absolute atomic E-state index is 13.2. The molecule has 1 unspecified atom stereocenters. The third-order valence-electron chi connectivity index (χ3n) is 6.80. The van der Waals surface area contributed by atoms with Gasteiger partial charge in [0.15, 0.2) is 11.4 Å². The topological polar surface area (TPSA) is 125 Å². The summed E-state index contributed by atoms with van der Waals surface area (Å²) in [7, 11) is 0. The van der Waals surface area contributed by atoms with E-state index in [1.165, 1.54) is 6.20 Å². The summed E-state index contributed by atoms with van der Waals surface area (Å²) in [5.41, 5.74) is 1.69. The van der Waals surface area contributed by atoms with Crippen molar-refractivity contribution in [1.82, 2.24) is 15.0 Å². The van der Waals surface area contributed by atoms with E-state index in [-0.39, 0.29) is 47.0 Å². The highest BCUT2D eigenvalue weighted by molar-refractivity contribution is 6.02. The van der Waals surface area contributed by atoms with E-state index in [1.54, 1.807) is 19.1 Å². The fourth-order valence-electron chi connectivity index (χ4n) is 5.05. The Hall–Kier alpha value is -3.75. The lowest BCUT2D eigenvalue weighted by Gasteiger charge is -2.31. The molecule has 9 nitrogen and oxygen atoms in total. The number of phenols is 1. The molecule has 1 aliphatic carbocycles. The van der Waals surface area contributed by atoms with Gasteiger partial charge in [0, 0.05) is 31.3 Å². The lowest BCUT2D eigenvalue weighted by Crippen LogP contribution is -2.38. The number of esters is 1. The van der Waals surface area contributed by atoms with E-state index in [9.17, 15) is 19.5 Å². The molecule has 176 valence electrons. The number of hydrogen-bond donors (Lipinski definition) is 2. The molecule has 0 spiro atoms. The highest BCUT2D eigenvalue weighted by atomic mass is 16.5. The van der Waals surface area contributed by atoms with Crippen molar-refractivity contribution in [2.24, 2.45) is 5.92 Å². The number of phenolic OH excluding ortho intramolecular Hbond substituents is 1. The Morgan fingerprint density at radius 1 is 1.21 bits per heavy atom. The number of nitrogens with one attached hydrogen (secondary N) is 1. The molecule has 2 aliphatic rings. The summed E-state index contributed by atoms with van der Waals surface area (Å²) < 4.78 is 5.12. The molecule has 9 heteroatoms. The number of hydrogen-bond acceptors (Lipinski definition) is 8. The van der Waals surface area contributed by atoms with Crippen LogP contribution in [0, 0.1) is 5.92 Å². The molecule has 1 fully saturated rings. The van der Waals surface area contributed by atoms with Crippen LogP contribution in [-0.4, -0.2) is 51.5 Å². The molecule has 5 rings (SSSR count). The average molecular weight is 463 g/mol. The van der Waals surface area contributed by atoms with Crippen LogP contribution < -0.4 is 10.5 Å². The number of aromatic nitrogens is 3. The van der Waals surface area contributed by atoms with Gasteiger partial charge >= 0.3 is 5.97 Å². The van der Waals surface area contributed by atoms with Gasteiger partial charge in [0.1, 0.15) is 5.75 Å². The molecular weight excluding hydrogens is 436 g/mol. The Morgan fingerprint density at radius 2 is 1.97 bits per heavy atom. The van der Waals surface area contributed by atoms with Crippen LogP contribution in [0.3, 0.4) is 0 Å². The number of fused-ring (bicyclic) bond motifs is 3. The number of pyridine rings is 1. The zero-order valence-electron chi connectivity index (χ0n) is 18.9. The first-order chi connectivity index (χ1) is 16.5. The Labute approximate surface area is 195 Å². The largest absolute Gasteiger partial charge is 0.508 e. The SMILES string of the molecule is CCOC(=O)C1CCN(c2nc3ncc4c(c3c(=O)[nH]2)CC(c2ccccc2O)CC4=O)CC1. The summed E-state index contributed by atoms with van der Waals surface area (Å²) >= 11 is 0. The van der Waals surface area contributed by atoms with E-state index >= 15 is 0 Å². The zero-order chi connectivity index (χ0) is 23.8. The van der Waals surface area contributed by atoms with E-state index in [0.717, 1.165) is 0 Å². The molecule has 0 saturated carbocycles. The average Bonchev–Trinajstić information content (AvgIpc) is 2.84. The quantitative estimate of drug-likeness (QED) is 0.567. The van der Waals surface area contributed by atoms with Gasteiger partial charge in [-0.3, -0.25) is 19.4 Å². The Balaban J connectivity index is 1.46. The molecular formula is C25H26N4O5. The predicted octanol–water partition coefficient (Wildman–Crippen LogP) is 2.72. The number of ether oxygens (including phenoxy) is 1. The minimum absolute atomic E-state index is 0.103. The number of piperidine rings is 1. The van der Waals surface area contributed by atoms with Gasteiger partial charge in [-0.2, -0.15) is 4.98 Å². The monoisotopic (exact) mass is 462 g/mol. The number of Topliss-reactive ketones (excluding diaryl/α,β-unsaturated/α-hetero) is 1. The fraction of sp³-hybridized carbons (Fsp3) is 0.400. The van der Waals surface area contributed by atoms with E-state index in [0.29, 0.717) is 67.0 Å². The van der Waals surface area contributed by atoms with Gasteiger partial charge in [0.2, 0.25) is 5.95 Å². The van der Waals surface area contributed by atoms with Crippen molar-refractivity contribution in [3.8, 4) is 5.75 Å². The van der Waals surface area contributed by atoms with Crippen molar-refractivity contribution >= 4 is 28.7 Å². The van der Waals surface area contributed by atoms with Crippen molar-refractivity contribution in [3.05, 3.63) is 57.5 Å².